The number of hydrogen-bond acceptors (Lipinski definition) is 5. The molecule has 1 amide bonds. The minimum absolute atomic E-state index is 0.247. The third kappa shape index (κ3) is 5.72. The van der Waals surface area contributed by atoms with E-state index in [-0.39, 0.29) is 11.5 Å². The van der Waals surface area contributed by atoms with Crippen LogP contribution in [-0.4, -0.2) is 76.2 Å². The van der Waals surface area contributed by atoms with Gasteiger partial charge in [0.2, 0.25) is 9.84 Å². The highest BCUT2D eigenvalue weighted by atomic mass is 32.2. The Bertz CT molecular complexity index is 688. The summed E-state index contributed by atoms with van der Waals surface area (Å²) in [5, 5.41) is 2.76. The van der Waals surface area contributed by atoms with Crippen LogP contribution in [0.15, 0.2) is 29.2 Å². The van der Waals surface area contributed by atoms with Gasteiger partial charge < -0.3 is 15.1 Å². The number of alkyl halides is 2. The van der Waals surface area contributed by atoms with E-state index in [1.54, 1.807) is 0 Å². The monoisotopic (exact) mass is 389 g/mol. The molecule has 6 nitrogen and oxygen atoms in total. The zero-order chi connectivity index (χ0) is 19.2. The van der Waals surface area contributed by atoms with E-state index < -0.39 is 20.5 Å². The second kappa shape index (κ2) is 9.38. The summed E-state index contributed by atoms with van der Waals surface area (Å²) in [5.41, 5.74) is 0.247. The van der Waals surface area contributed by atoms with Crippen LogP contribution in [-0.2, 0) is 9.84 Å². The van der Waals surface area contributed by atoms with Crippen molar-refractivity contribution in [3.63, 3.8) is 0 Å². The lowest BCUT2D eigenvalue weighted by Crippen LogP contribution is -2.44. The highest BCUT2D eigenvalue weighted by Crippen LogP contribution is 2.18. The van der Waals surface area contributed by atoms with E-state index in [0.717, 1.165) is 57.7 Å². The van der Waals surface area contributed by atoms with Crippen molar-refractivity contribution in [3.8, 4) is 0 Å². The molecule has 1 aromatic carbocycles. The fourth-order valence-corrected chi connectivity index (χ4v) is 3.46. The van der Waals surface area contributed by atoms with Crippen LogP contribution in [0.3, 0.4) is 0 Å². The summed E-state index contributed by atoms with van der Waals surface area (Å²) in [6.07, 6.45) is 1.82. The molecule has 0 aliphatic carbocycles. The van der Waals surface area contributed by atoms with Gasteiger partial charge in [-0.15, -0.1) is 0 Å². The number of benzene rings is 1. The quantitative estimate of drug-likeness (QED) is 0.682. The van der Waals surface area contributed by atoms with E-state index in [2.05, 4.69) is 22.2 Å². The second-order valence-electron chi connectivity index (χ2n) is 6.44. The van der Waals surface area contributed by atoms with Gasteiger partial charge in [-0.2, -0.15) is 8.78 Å². The smallest absolute Gasteiger partial charge is 0.341 e. The summed E-state index contributed by atoms with van der Waals surface area (Å²) >= 11 is 0. The molecular weight excluding hydrogens is 364 g/mol. The molecule has 2 rings (SSSR count). The van der Waals surface area contributed by atoms with Crippen molar-refractivity contribution in [2.24, 2.45) is 0 Å². The number of piperazine rings is 1. The van der Waals surface area contributed by atoms with Crippen molar-refractivity contribution in [3.05, 3.63) is 29.8 Å². The molecule has 9 heteroatoms. The summed E-state index contributed by atoms with van der Waals surface area (Å²) in [6.45, 7) is 5.81. The number of unbranched alkanes of at least 4 members (excludes halogenated alkanes) is 1. The lowest BCUT2D eigenvalue weighted by Gasteiger charge is -2.32. The first-order valence-corrected chi connectivity index (χ1v) is 10.2. The standard InChI is InChI=1S/C17H25F2N3O3S/c1-21-10-12-22(13-11-21)9-3-2-8-20-16(23)14-4-6-15(7-5-14)26(24,25)17(18)19/h4-7,17H,2-3,8-13H2,1H3,(H,20,23). The molecule has 1 saturated heterocycles. The van der Waals surface area contributed by atoms with E-state index in [1.807, 2.05) is 0 Å². The van der Waals surface area contributed by atoms with Crippen LogP contribution in [0.1, 0.15) is 23.2 Å². The molecule has 0 unspecified atom stereocenters. The average molecular weight is 389 g/mol. The summed E-state index contributed by atoms with van der Waals surface area (Å²) in [5.74, 6) is -3.81. The SMILES string of the molecule is CN1CCN(CCCCNC(=O)c2ccc(S(=O)(=O)C(F)F)cc2)CC1. The number of carbonyl (C=O) groups excluding carboxylic acids is 1. The molecule has 1 aliphatic heterocycles. The fraction of sp³-hybridized carbons (Fsp3) is 0.588. The van der Waals surface area contributed by atoms with Crippen molar-refractivity contribution < 1.29 is 22.0 Å². The zero-order valence-corrected chi connectivity index (χ0v) is 15.6. The first-order valence-electron chi connectivity index (χ1n) is 8.62. The number of amides is 1. The van der Waals surface area contributed by atoms with Gasteiger partial charge >= 0.3 is 5.76 Å². The third-order valence-electron chi connectivity index (χ3n) is 4.46. The van der Waals surface area contributed by atoms with Gasteiger partial charge in [-0.25, -0.2) is 8.42 Å². The van der Waals surface area contributed by atoms with Gasteiger partial charge in [0.05, 0.1) is 4.90 Å². The third-order valence-corrected chi connectivity index (χ3v) is 5.86. The highest BCUT2D eigenvalue weighted by molar-refractivity contribution is 7.91. The number of carbonyl (C=O) groups is 1. The number of nitrogens with one attached hydrogen (secondary N) is 1. The maximum atomic E-state index is 12.5. The van der Waals surface area contributed by atoms with Crippen LogP contribution in [0.5, 0.6) is 0 Å². The van der Waals surface area contributed by atoms with Gasteiger partial charge in [0.1, 0.15) is 0 Å². The maximum absolute atomic E-state index is 12.5. The Morgan fingerprint density at radius 1 is 1.12 bits per heavy atom. The maximum Gasteiger partial charge on any atom is 0.341 e. The molecule has 1 aromatic rings. The number of hydrogen-bond donors (Lipinski definition) is 1. The van der Waals surface area contributed by atoms with Crippen LogP contribution >= 0.6 is 0 Å². The van der Waals surface area contributed by atoms with Crippen molar-refractivity contribution in [2.75, 3.05) is 46.3 Å². The van der Waals surface area contributed by atoms with Gasteiger partial charge in [-0.05, 0) is 50.7 Å². The molecule has 0 radical (unpaired) electrons. The number of nitrogens with zero attached hydrogens (tertiary/aromatic N) is 2. The van der Waals surface area contributed by atoms with Crippen molar-refractivity contribution >= 4 is 15.7 Å². The Morgan fingerprint density at radius 2 is 1.73 bits per heavy atom. The predicted molar refractivity (Wildman–Crippen MR) is 95.1 cm³/mol. The Kier molecular flexibility index (Phi) is 7.48. The molecule has 1 heterocycles. The van der Waals surface area contributed by atoms with Gasteiger partial charge in [0, 0.05) is 38.3 Å². The fourth-order valence-electron chi connectivity index (χ4n) is 2.73. The van der Waals surface area contributed by atoms with E-state index in [4.69, 9.17) is 0 Å². The van der Waals surface area contributed by atoms with Crippen molar-refractivity contribution in [1.29, 1.82) is 0 Å². The van der Waals surface area contributed by atoms with Gasteiger partial charge in [-0.1, -0.05) is 0 Å². The molecule has 1 N–H and O–H groups in total. The van der Waals surface area contributed by atoms with Gasteiger partial charge in [0.15, 0.2) is 0 Å². The molecule has 0 bridgehead atoms. The predicted octanol–water partition coefficient (Wildman–Crippen LogP) is 1.44. The summed E-state index contributed by atoms with van der Waals surface area (Å²) in [7, 11) is -2.52. The van der Waals surface area contributed by atoms with Crippen molar-refractivity contribution in [2.45, 2.75) is 23.5 Å². The molecular formula is C17H25F2N3O3S. The van der Waals surface area contributed by atoms with Crippen LogP contribution in [0.25, 0.3) is 0 Å². The number of likely N-dealkylation sites (N-methyl/N-ethyl adjacent to an activating group) is 1. The zero-order valence-electron chi connectivity index (χ0n) is 14.8. The van der Waals surface area contributed by atoms with E-state index in [1.165, 1.54) is 12.1 Å². The lowest BCUT2D eigenvalue weighted by molar-refractivity contribution is 0.0951. The van der Waals surface area contributed by atoms with E-state index >= 15 is 0 Å². The van der Waals surface area contributed by atoms with Gasteiger partial charge in [0.25, 0.3) is 5.91 Å². The number of halogens is 2. The molecule has 146 valence electrons. The summed E-state index contributed by atoms with van der Waals surface area (Å²) in [6, 6.07) is 4.55. The number of sulfone groups is 1. The normalized spacial score (nSPS) is 16.8. The van der Waals surface area contributed by atoms with Crippen LogP contribution in [0.2, 0.25) is 0 Å². The first-order chi connectivity index (χ1) is 12.3. The van der Waals surface area contributed by atoms with Crippen LogP contribution < -0.4 is 5.32 Å². The molecule has 0 aromatic heterocycles. The molecule has 1 aliphatic rings. The minimum Gasteiger partial charge on any atom is -0.352 e. The van der Waals surface area contributed by atoms with Gasteiger partial charge in [-0.3, -0.25) is 4.79 Å². The van der Waals surface area contributed by atoms with Crippen LogP contribution in [0.4, 0.5) is 8.78 Å². The molecule has 26 heavy (non-hydrogen) atoms. The molecule has 1 fully saturated rings. The summed E-state index contributed by atoms with van der Waals surface area (Å²) in [4.78, 5) is 16.2. The van der Waals surface area contributed by atoms with E-state index in [0.29, 0.717) is 6.54 Å². The largest absolute Gasteiger partial charge is 0.352 e. The second-order valence-corrected chi connectivity index (χ2v) is 8.36. The number of rotatable bonds is 8. The Morgan fingerprint density at radius 3 is 2.31 bits per heavy atom. The summed E-state index contributed by atoms with van der Waals surface area (Å²) < 4.78 is 47.7. The molecule has 0 atom stereocenters. The lowest BCUT2D eigenvalue weighted by atomic mass is 10.2. The molecule has 0 spiro atoms. The van der Waals surface area contributed by atoms with E-state index in [9.17, 15) is 22.0 Å². The Hall–Kier alpha value is -1.58. The van der Waals surface area contributed by atoms with Crippen LogP contribution in [0, 0.1) is 0 Å². The topological polar surface area (TPSA) is 69.7 Å². The highest BCUT2D eigenvalue weighted by Gasteiger charge is 2.26. The Balaban J connectivity index is 1.71. The van der Waals surface area contributed by atoms with Crippen molar-refractivity contribution in [1.82, 2.24) is 15.1 Å². The Labute approximate surface area is 153 Å². The minimum atomic E-state index is -4.63. The first kappa shape index (κ1) is 20.7. The molecule has 0 saturated carbocycles. The average Bonchev–Trinajstić information content (AvgIpc) is 2.62.